The van der Waals surface area contributed by atoms with Gasteiger partial charge in [0.2, 0.25) is 0 Å². The molecule has 0 N–H and O–H groups in total. The first kappa shape index (κ1) is 16.4. The molecule has 0 fully saturated rings. The van der Waals surface area contributed by atoms with E-state index in [4.69, 9.17) is 16.3 Å². The van der Waals surface area contributed by atoms with Crippen LogP contribution in [0.15, 0.2) is 42.5 Å². The van der Waals surface area contributed by atoms with Crippen LogP contribution in [0.3, 0.4) is 0 Å². The van der Waals surface area contributed by atoms with Gasteiger partial charge < -0.3 is 4.74 Å². The highest BCUT2D eigenvalue weighted by Gasteiger charge is 2.15. The number of carbonyl (C=O) groups excluding carboxylic acids is 1. The number of Topliss-reactive ketones (excluding diaryl/α,β-unsaturated/α-hetero) is 1. The van der Waals surface area contributed by atoms with Gasteiger partial charge >= 0.3 is 0 Å². The topological polar surface area (TPSA) is 26.3 Å². The average molecular weight is 325 g/mol. The Morgan fingerprint density at radius 3 is 2.50 bits per heavy atom. The maximum Gasteiger partial charge on any atom is 0.180 e. The number of ether oxygens (including phenoxy) is 1. The molecule has 0 saturated heterocycles. The predicted octanol–water partition coefficient (Wildman–Crippen LogP) is 4.74. The molecule has 1 atom stereocenters. The molecule has 0 aromatic heterocycles. The fourth-order valence-corrected chi connectivity index (χ4v) is 2.01. The largest absolute Gasteiger partial charge is 0.486 e. The lowest BCUT2D eigenvalue weighted by Crippen LogP contribution is -2.13. The summed E-state index contributed by atoms with van der Waals surface area (Å²) in [6, 6.07) is 9.72. The highest BCUT2D eigenvalue weighted by Crippen LogP contribution is 2.20. The van der Waals surface area contributed by atoms with E-state index in [0.717, 1.165) is 23.8 Å². The van der Waals surface area contributed by atoms with Crippen molar-refractivity contribution in [3.8, 4) is 5.75 Å². The number of alkyl halides is 1. The molecule has 0 spiro atoms. The lowest BCUT2D eigenvalue weighted by molar-refractivity contribution is 0.0985. The molecule has 0 aliphatic rings. The van der Waals surface area contributed by atoms with Gasteiger partial charge in [-0.05, 0) is 24.1 Å². The van der Waals surface area contributed by atoms with Crippen molar-refractivity contribution >= 4 is 17.4 Å². The minimum Gasteiger partial charge on any atom is -0.486 e. The standard InChI is InChI=1S/C17H15ClF2O2/c1-2-14(18)17(21)12-5-3-11(4-6-12)10-22-16-9-13(19)7-8-15(16)20/h3-9,14H,2,10H2,1H3. The van der Waals surface area contributed by atoms with Gasteiger partial charge in [-0.15, -0.1) is 11.6 Å². The minimum atomic E-state index is -0.624. The quantitative estimate of drug-likeness (QED) is 0.566. The van der Waals surface area contributed by atoms with Crippen LogP contribution in [0.5, 0.6) is 5.75 Å². The van der Waals surface area contributed by atoms with Crippen molar-refractivity contribution in [1.82, 2.24) is 0 Å². The molecule has 0 heterocycles. The summed E-state index contributed by atoms with van der Waals surface area (Å²) < 4.78 is 31.7. The summed E-state index contributed by atoms with van der Waals surface area (Å²) in [6.45, 7) is 1.91. The molecule has 0 radical (unpaired) electrons. The zero-order valence-corrected chi connectivity index (χ0v) is 12.7. The summed E-state index contributed by atoms with van der Waals surface area (Å²) in [4.78, 5) is 11.9. The smallest absolute Gasteiger partial charge is 0.180 e. The Bertz CT molecular complexity index is 656. The molecular weight excluding hydrogens is 310 g/mol. The molecule has 2 aromatic carbocycles. The Hall–Kier alpha value is -1.94. The number of benzene rings is 2. The van der Waals surface area contributed by atoms with Crippen molar-refractivity contribution in [2.24, 2.45) is 0 Å². The molecule has 0 saturated carbocycles. The van der Waals surface area contributed by atoms with Crippen LogP contribution in [0.2, 0.25) is 0 Å². The van der Waals surface area contributed by atoms with E-state index in [0.29, 0.717) is 12.0 Å². The first-order chi connectivity index (χ1) is 10.5. The second-order valence-corrected chi connectivity index (χ2v) is 5.33. The Labute approximate surface area is 132 Å². The lowest BCUT2D eigenvalue weighted by Gasteiger charge is -2.09. The molecule has 116 valence electrons. The molecule has 0 amide bonds. The van der Waals surface area contributed by atoms with E-state index < -0.39 is 17.0 Å². The van der Waals surface area contributed by atoms with Gasteiger partial charge in [0.15, 0.2) is 17.3 Å². The van der Waals surface area contributed by atoms with Crippen LogP contribution >= 0.6 is 11.6 Å². The molecule has 2 aromatic rings. The number of carbonyl (C=O) groups is 1. The van der Waals surface area contributed by atoms with Crippen molar-refractivity contribution in [2.75, 3.05) is 0 Å². The van der Waals surface area contributed by atoms with Gasteiger partial charge in [-0.2, -0.15) is 0 Å². The number of halogens is 3. The van der Waals surface area contributed by atoms with E-state index in [1.54, 1.807) is 24.3 Å². The molecule has 0 aliphatic carbocycles. The fourth-order valence-electron chi connectivity index (χ4n) is 1.88. The van der Waals surface area contributed by atoms with E-state index in [-0.39, 0.29) is 18.1 Å². The Kier molecular flexibility index (Phi) is 5.50. The molecule has 2 rings (SSSR count). The highest BCUT2D eigenvalue weighted by atomic mass is 35.5. The number of hydrogen-bond acceptors (Lipinski definition) is 2. The summed E-state index contributed by atoms with van der Waals surface area (Å²) in [5, 5.41) is -0.538. The maximum atomic E-state index is 13.4. The molecule has 1 unspecified atom stereocenters. The molecule has 22 heavy (non-hydrogen) atoms. The Morgan fingerprint density at radius 1 is 1.18 bits per heavy atom. The fraction of sp³-hybridized carbons (Fsp3) is 0.235. The molecule has 5 heteroatoms. The van der Waals surface area contributed by atoms with E-state index in [1.807, 2.05) is 6.92 Å². The van der Waals surface area contributed by atoms with Crippen molar-refractivity contribution in [3.05, 3.63) is 65.2 Å². The summed E-state index contributed by atoms with van der Waals surface area (Å²) in [5.41, 5.74) is 1.25. The SMILES string of the molecule is CCC(Cl)C(=O)c1ccc(COc2cc(F)ccc2F)cc1. The summed E-state index contributed by atoms with van der Waals surface area (Å²) in [6.07, 6.45) is 0.560. The van der Waals surface area contributed by atoms with Crippen LogP contribution in [0, 0.1) is 11.6 Å². The summed E-state index contributed by atoms with van der Waals surface area (Å²) in [5.74, 6) is -1.47. The second kappa shape index (κ2) is 7.36. The third-order valence-corrected chi connectivity index (χ3v) is 3.68. The van der Waals surface area contributed by atoms with Gasteiger partial charge in [0, 0.05) is 11.6 Å². The number of hydrogen-bond donors (Lipinski definition) is 0. The molecule has 0 bridgehead atoms. The normalized spacial score (nSPS) is 12.0. The third-order valence-electron chi connectivity index (χ3n) is 3.17. The van der Waals surface area contributed by atoms with Gasteiger partial charge in [0.25, 0.3) is 0 Å². The zero-order chi connectivity index (χ0) is 16.1. The van der Waals surface area contributed by atoms with E-state index in [1.165, 1.54) is 0 Å². The van der Waals surface area contributed by atoms with Crippen LogP contribution in [0.1, 0.15) is 29.3 Å². The van der Waals surface area contributed by atoms with Crippen molar-refractivity contribution in [3.63, 3.8) is 0 Å². The van der Waals surface area contributed by atoms with Gasteiger partial charge in [0.05, 0.1) is 5.38 Å². The second-order valence-electron chi connectivity index (χ2n) is 4.80. The van der Waals surface area contributed by atoms with Crippen molar-refractivity contribution < 1.29 is 18.3 Å². The number of ketones is 1. The number of rotatable bonds is 6. The van der Waals surface area contributed by atoms with Crippen LogP contribution in [0.4, 0.5) is 8.78 Å². The van der Waals surface area contributed by atoms with Crippen LogP contribution < -0.4 is 4.74 Å². The van der Waals surface area contributed by atoms with E-state index >= 15 is 0 Å². The van der Waals surface area contributed by atoms with Gasteiger partial charge in [-0.25, -0.2) is 8.78 Å². The zero-order valence-electron chi connectivity index (χ0n) is 12.0. The first-order valence-corrected chi connectivity index (χ1v) is 7.30. The van der Waals surface area contributed by atoms with Crippen molar-refractivity contribution in [2.45, 2.75) is 25.3 Å². The Balaban J connectivity index is 2.02. The monoisotopic (exact) mass is 324 g/mol. The van der Waals surface area contributed by atoms with Gasteiger partial charge in [0.1, 0.15) is 12.4 Å². The third kappa shape index (κ3) is 4.04. The summed E-state index contributed by atoms with van der Waals surface area (Å²) in [7, 11) is 0. The Morgan fingerprint density at radius 2 is 1.86 bits per heavy atom. The average Bonchev–Trinajstić information content (AvgIpc) is 2.54. The molecule has 2 nitrogen and oxygen atoms in total. The minimum absolute atomic E-state index is 0.0763. The maximum absolute atomic E-state index is 13.4. The first-order valence-electron chi connectivity index (χ1n) is 6.86. The molecule has 0 aliphatic heterocycles. The van der Waals surface area contributed by atoms with Gasteiger partial charge in [-0.3, -0.25) is 4.79 Å². The highest BCUT2D eigenvalue weighted by molar-refractivity contribution is 6.33. The van der Waals surface area contributed by atoms with Crippen LogP contribution in [0.25, 0.3) is 0 Å². The van der Waals surface area contributed by atoms with Crippen molar-refractivity contribution in [1.29, 1.82) is 0 Å². The van der Waals surface area contributed by atoms with Gasteiger partial charge in [-0.1, -0.05) is 31.2 Å². The summed E-state index contributed by atoms with van der Waals surface area (Å²) >= 11 is 5.91. The molecular formula is C17H15ClF2O2. The van der Waals surface area contributed by atoms with Crippen LogP contribution in [-0.4, -0.2) is 11.2 Å². The van der Waals surface area contributed by atoms with E-state index in [9.17, 15) is 13.6 Å². The predicted molar refractivity (Wildman–Crippen MR) is 81.4 cm³/mol. The lowest BCUT2D eigenvalue weighted by atomic mass is 10.0. The van der Waals surface area contributed by atoms with Crippen LogP contribution in [-0.2, 0) is 6.61 Å². The van der Waals surface area contributed by atoms with E-state index in [2.05, 4.69) is 0 Å².